The minimum atomic E-state index is -0.552. The van der Waals surface area contributed by atoms with Gasteiger partial charge in [0.25, 0.3) is 0 Å². The summed E-state index contributed by atoms with van der Waals surface area (Å²) < 4.78 is 0. The summed E-state index contributed by atoms with van der Waals surface area (Å²) in [5, 5.41) is 2.59. The summed E-state index contributed by atoms with van der Waals surface area (Å²) in [7, 11) is 0. The van der Waals surface area contributed by atoms with Crippen LogP contribution in [0.5, 0.6) is 0 Å². The predicted molar refractivity (Wildman–Crippen MR) is 53.4 cm³/mol. The zero-order chi connectivity index (χ0) is 10.6. The molecule has 1 aliphatic rings. The van der Waals surface area contributed by atoms with Gasteiger partial charge in [-0.2, -0.15) is 0 Å². The number of primary amides is 1. The van der Waals surface area contributed by atoms with E-state index in [0.717, 1.165) is 12.8 Å². The highest BCUT2D eigenvalue weighted by Crippen LogP contribution is 2.27. The van der Waals surface area contributed by atoms with E-state index in [1.54, 1.807) is 6.92 Å². The summed E-state index contributed by atoms with van der Waals surface area (Å²) in [6.07, 6.45) is 5.26. The van der Waals surface area contributed by atoms with Crippen molar-refractivity contribution < 1.29 is 9.59 Å². The van der Waals surface area contributed by atoms with Gasteiger partial charge in [-0.05, 0) is 25.7 Å². The average molecular weight is 198 g/mol. The lowest BCUT2D eigenvalue weighted by atomic mass is 10.0. The van der Waals surface area contributed by atoms with E-state index < -0.39 is 11.9 Å². The highest BCUT2D eigenvalue weighted by atomic mass is 16.2. The van der Waals surface area contributed by atoms with Gasteiger partial charge >= 0.3 is 0 Å². The summed E-state index contributed by atoms with van der Waals surface area (Å²) in [6.45, 7) is 1.61. The van der Waals surface area contributed by atoms with Crippen molar-refractivity contribution in [1.82, 2.24) is 5.32 Å². The zero-order valence-electron chi connectivity index (χ0n) is 8.58. The largest absolute Gasteiger partial charge is 0.368 e. The molecule has 0 aromatic rings. The highest BCUT2D eigenvalue weighted by Gasteiger charge is 2.20. The maximum atomic E-state index is 11.4. The SMILES string of the molecule is C[C@H](NC(=O)CC1CCCC1)C(N)=O. The standard InChI is InChI=1S/C10H18N2O2/c1-7(10(11)14)12-9(13)6-8-4-2-3-5-8/h7-8H,2-6H2,1H3,(H2,11,14)(H,12,13)/t7-/m0/s1. The van der Waals surface area contributed by atoms with E-state index in [9.17, 15) is 9.59 Å². The number of hydrogen-bond donors (Lipinski definition) is 2. The van der Waals surface area contributed by atoms with Crippen molar-refractivity contribution in [2.75, 3.05) is 0 Å². The molecule has 0 aromatic heterocycles. The Morgan fingerprint density at radius 3 is 2.50 bits per heavy atom. The Bertz CT molecular complexity index is 222. The smallest absolute Gasteiger partial charge is 0.239 e. The molecule has 14 heavy (non-hydrogen) atoms. The van der Waals surface area contributed by atoms with E-state index in [1.165, 1.54) is 12.8 Å². The Morgan fingerprint density at radius 1 is 1.43 bits per heavy atom. The number of carbonyl (C=O) groups excluding carboxylic acids is 2. The van der Waals surface area contributed by atoms with Gasteiger partial charge in [0, 0.05) is 6.42 Å². The van der Waals surface area contributed by atoms with Crippen LogP contribution in [-0.4, -0.2) is 17.9 Å². The summed E-state index contributed by atoms with van der Waals surface area (Å²) in [5.74, 6) is -0.0250. The molecular weight excluding hydrogens is 180 g/mol. The normalized spacial score (nSPS) is 19.2. The number of amides is 2. The third-order valence-electron chi connectivity index (χ3n) is 2.75. The van der Waals surface area contributed by atoms with Crippen LogP contribution in [0.25, 0.3) is 0 Å². The van der Waals surface area contributed by atoms with Crippen molar-refractivity contribution in [3.05, 3.63) is 0 Å². The molecule has 2 amide bonds. The van der Waals surface area contributed by atoms with E-state index in [2.05, 4.69) is 5.32 Å². The fourth-order valence-corrected chi connectivity index (χ4v) is 1.85. The van der Waals surface area contributed by atoms with Gasteiger partial charge in [-0.15, -0.1) is 0 Å². The van der Waals surface area contributed by atoms with Crippen LogP contribution in [0, 0.1) is 5.92 Å². The molecule has 0 spiro atoms. The number of nitrogens with one attached hydrogen (secondary N) is 1. The fourth-order valence-electron chi connectivity index (χ4n) is 1.85. The first kappa shape index (κ1) is 11.0. The first-order valence-corrected chi connectivity index (χ1v) is 5.18. The first-order valence-electron chi connectivity index (χ1n) is 5.18. The third kappa shape index (κ3) is 3.36. The molecule has 1 saturated carbocycles. The third-order valence-corrected chi connectivity index (χ3v) is 2.75. The van der Waals surface area contributed by atoms with Crippen LogP contribution < -0.4 is 11.1 Å². The van der Waals surface area contributed by atoms with Crippen LogP contribution >= 0.6 is 0 Å². The Hall–Kier alpha value is -1.06. The quantitative estimate of drug-likeness (QED) is 0.692. The van der Waals surface area contributed by atoms with Crippen molar-refractivity contribution >= 4 is 11.8 Å². The van der Waals surface area contributed by atoms with Gasteiger partial charge in [-0.3, -0.25) is 9.59 Å². The van der Waals surface area contributed by atoms with E-state index >= 15 is 0 Å². The predicted octanol–water partition coefficient (Wildman–Crippen LogP) is 0.557. The van der Waals surface area contributed by atoms with Crippen LogP contribution in [0.3, 0.4) is 0 Å². The van der Waals surface area contributed by atoms with Crippen LogP contribution in [0.2, 0.25) is 0 Å². The molecule has 0 unspecified atom stereocenters. The van der Waals surface area contributed by atoms with E-state index in [0.29, 0.717) is 12.3 Å². The van der Waals surface area contributed by atoms with Gasteiger partial charge in [0.2, 0.25) is 11.8 Å². The zero-order valence-corrected chi connectivity index (χ0v) is 8.58. The van der Waals surface area contributed by atoms with Crippen molar-refractivity contribution in [3.8, 4) is 0 Å². The van der Waals surface area contributed by atoms with Crippen molar-refractivity contribution in [1.29, 1.82) is 0 Å². The molecule has 1 fully saturated rings. The van der Waals surface area contributed by atoms with Gasteiger partial charge < -0.3 is 11.1 Å². The van der Waals surface area contributed by atoms with Crippen LogP contribution in [-0.2, 0) is 9.59 Å². The minimum absolute atomic E-state index is 0.0526. The van der Waals surface area contributed by atoms with Gasteiger partial charge in [0.15, 0.2) is 0 Å². The van der Waals surface area contributed by atoms with Crippen LogP contribution in [0.15, 0.2) is 0 Å². The molecule has 0 aliphatic heterocycles. The Labute approximate surface area is 84.2 Å². The molecule has 0 radical (unpaired) electrons. The Kier molecular flexibility index (Phi) is 3.92. The topological polar surface area (TPSA) is 72.2 Å². The molecule has 1 rings (SSSR count). The second-order valence-electron chi connectivity index (χ2n) is 4.05. The number of rotatable bonds is 4. The minimum Gasteiger partial charge on any atom is -0.368 e. The van der Waals surface area contributed by atoms with E-state index in [1.807, 2.05) is 0 Å². The van der Waals surface area contributed by atoms with Crippen LogP contribution in [0.4, 0.5) is 0 Å². The van der Waals surface area contributed by atoms with Crippen molar-refractivity contribution in [3.63, 3.8) is 0 Å². The lowest BCUT2D eigenvalue weighted by Crippen LogP contribution is -2.42. The van der Waals surface area contributed by atoms with E-state index in [-0.39, 0.29) is 5.91 Å². The molecule has 3 N–H and O–H groups in total. The number of nitrogens with two attached hydrogens (primary N) is 1. The van der Waals surface area contributed by atoms with Crippen LogP contribution in [0.1, 0.15) is 39.0 Å². The second kappa shape index (κ2) is 4.98. The lowest BCUT2D eigenvalue weighted by molar-refractivity contribution is -0.127. The number of hydrogen-bond acceptors (Lipinski definition) is 2. The Morgan fingerprint density at radius 2 is 2.00 bits per heavy atom. The second-order valence-corrected chi connectivity index (χ2v) is 4.05. The maximum Gasteiger partial charge on any atom is 0.239 e. The Balaban J connectivity index is 2.24. The molecule has 0 saturated heterocycles. The summed E-state index contributed by atoms with van der Waals surface area (Å²) in [6, 6.07) is -0.552. The van der Waals surface area contributed by atoms with Gasteiger partial charge in [0.1, 0.15) is 6.04 Å². The molecular formula is C10H18N2O2. The molecule has 0 bridgehead atoms. The lowest BCUT2D eigenvalue weighted by Gasteiger charge is -2.12. The average Bonchev–Trinajstić information content (AvgIpc) is 2.56. The molecule has 4 heteroatoms. The van der Waals surface area contributed by atoms with Gasteiger partial charge in [0.05, 0.1) is 0 Å². The molecule has 1 atom stereocenters. The van der Waals surface area contributed by atoms with Gasteiger partial charge in [-0.1, -0.05) is 12.8 Å². The van der Waals surface area contributed by atoms with Crippen molar-refractivity contribution in [2.24, 2.45) is 11.7 Å². The monoisotopic (exact) mass is 198 g/mol. The summed E-state index contributed by atoms with van der Waals surface area (Å²) in [5.41, 5.74) is 5.04. The first-order chi connectivity index (χ1) is 6.59. The molecule has 1 aliphatic carbocycles. The fraction of sp³-hybridized carbons (Fsp3) is 0.800. The number of carbonyl (C=O) groups is 2. The summed E-state index contributed by atoms with van der Waals surface area (Å²) >= 11 is 0. The molecule has 0 heterocycles. The molecule has 4 nitrogen and oxygen atoms in total. The summed E-state index contributed by atoms with van der Waals surface area (Å²) in [4.78, 5) is 22.1. The highest BCUT2D eigenvalue weighted by molar-refractivity contribution is 5.86. The van der Waals surface area contributed by atoms with Gasteiger partial charge in [-0.25, -0.2) is 0 Å². The van der Waals surface area contributed by atoms with Crippen molar-refractivity contribution in [2.45, 2.75) is 45.1 Å². The van der Waals surface area contributed by atoms with E-state index in [4.69, 9.17) is 5.73 Å². The molecule has 80 valence electrons. The molecule has 0 aromatic carbocycles. The maximum absolute atomic E-state index is 11.4.